The maximum absolute atomic E-state index is 3.25. The van der Waals surface area contributed by atoms with Gasteiger partial charge in [-0.3, -0.25) is 0 Å². The van der Waals surface area contributed by atoms with Gasteiger partial charge in [0.1, 0.15) is 8.07 Å². The van der Waals surface area contributed by atoms with Crippen molar-refractivity contribution in [1.29, 1.82) is 0 Å². The number of halogens is 1. The van der Waals surface area contributed by atoms with E-state index >= 15 is 0 Å². The van der Waals surface area contributed by atoms with Gasteiger partial charge in [0.25, 0.3) is 0 Å². The number of rotatable bonds is 0. The maximum atomic E-state index is 3.25. The third-order valence-corrected chi connectivity index (χ3v) is 1.74. The molecule has 0 N–H and O–H groups in total. The van der Waals surface area contributed by atoms with E-state index in [0.29, 0.717) is 0 Å². The van der Waals surface area contributed by atoms with Crippen LogP contribution in [0.4, 0.5) is 0 Å². The van der Waals surface area contributed by atoms with Crippen LogP contribution >= 0.6 is 15.9 Å². The molecule has 0 saturated heterocycles. The van der Waals surface area contributed by atoms with E-state index in [1.54, 1.807) is 0 Å². The van der Waals surface area contributed by atoms with Gasteiger partial charge in [-0.1, -0.05) is 41.5 Å². The molecule has 0 fully saturated rings. The molecule has 0 rings (SSSR count). The van der Waals surface area contributed by atoms with E-state index in [0.717, 1.165) is 5.33 Å². The van der Waals surface area contributed by atoms with E-state index in [4.69, 9.17) is 0 Å². The van der Waals surface area contributed by atoms with Crippen LogP contribution in [-0.2, 0) is 0 Å². The van der Waals surface area contributed by atoms with Gasteiger partial charge < -0.3 is 2.85 Å². The summed E-state index contributed by atoms with van der Waals surface area (Å²) < 4.78 is 0. The first kappa shape index (κ1) is 12.7. The Morgan fingerprint density at radius 3 is 2.00 bits per heavy atom. The monoisotopic (exact) mass is 216 g/mol. The molecular formula is C6H13BrMgSi. The van der Waals surface area contributed by atoms with Gasteiger partial charge in [-0.15, -0.1) is 5.54 Å². The number of hydrogen-bond acceptors (Lipinski definition) is 0. The maximum Gasteiger partial charge on any atom is 2.00 e. The van der Waals surface area contributed by atoms with E-state index < -0.39 is 8.07 Å². The standard InChI is InChI=1S/C6H11BrSi.Mg.2H/c1-8(2,3)6-4-5-7;;;/h5H2,1-3H3;;;/q;+2;2*-1. The molecule has 0 amide bonds. The Bertz CT molecular complexity index is 125. The van der Waals surface area contributed by atoms with Crippen LogP contribution in [0.2, 0.25) is 19.6 Å². The molecule has 0 spiro atoms. The van der Waals surface area contributed by atoms with Crippen molar-refractivity contribution in [2.45, 2.75) is 19.6 Å². The minimum absolute atomic E-state index is 0. The van der Waals surface area contributed by atoms with Crippen LogP contribution in [0.5, 0.6) is 0 Å². The van der Waals surface area contributed by atoms with Gasteiger partial charge in [-0.05, 0) is 0 Å². The minimum Gasteiger partial charge on any atom is -1.00 e. The minimum atomic E-state index is -1.07. The molecule has 0 radical (unpaired) electrons. The predicted octanol–water partition coefficient (Wildman–Crippen LogP) is 2.11. The second kappa shape index (κ2) is 5.78. The van der Waals surface area contributed by atoms with Crippen LogP contribution in [0.1, 0.15) is 2.85 Å². The molecule has 3 heteroatoms. The fourth-order valence-corrected chi connectivity index (χ4v) is 1.32. The molecular weight excluding hydrogens is 204 g/mol. The third kappa shape index (κ3) is 12.3. The molecule has 0 bridgehead atoms. The van der Waals surface area contributed by atoms with Crippen LogP contribution in [-0.4, -0.2) is 36.5 Å². The Morgan fingerprint density at radius 1 is 1.44 bits per heavy atom. The normalized spacial score (nSPS) is 8.89. The van der Waals surface area contributed by atoms with Gasteiger partial charge in [0, 0.05) is 0 Å². The van der Waals surface area contributed by atoms with Crippen molar-refractivity contribution in [3.05, 3.63) is 0 Å². The van der Waals surface area contributed by atoms with E-state index in [1.807, 2.05) is 0 Å². The van der Waals surface area contributed by atoms with Crippen LogP contribution in [0.15, 0.2) is 0 Å². The summed E-state index contributed by atoms with van der Waals surface area (Å²) in [5.41, 5.74) is 3.21. The van der Waals surface area contributed by atoms with E-state index in [2.05, 4.69) is 47.0 Å². The van der Waals surface area contributed by atoms with Crippen molar-refractivity contribution in [3.8, 4) is 11.5 Å². The summed E-state index contributed by atoms with van der Waals surface area (Å²) >= 11 is 3.25. The van der Waals surface area contributed by atoms with Crippen molar-refractivity contribution in [2.24, 2.45) is 0 Å². The first-order valence-corrected chi connectivity index (χ1v) is 7.24. The summed E-state index contributed by atoms with van der Waals surface area (Å²) in [5.74, 6) is 3.02. The van der Waals surface area contributed by atoms with Crippen LogP contribution in [0, 0.1) is 11.5 Å². The van der Waals surface area contributed by atoms with Gasteiger partial charge in [0.15, 0.2) is 0 Å². The van der Waals surface area contributed by atoms with E-state index in [1.165, 1.54) is 0 Å². The predicted molar refractivity (Wildman–Crippen MR) is 52.9 cm³/mol. The molecule has 0 heterocycles. The summed E-state index contributed by atoms with van der Waals surface area (Å²) in [6, 6.07) is 0. The second-order valence-electron chi connectivity index (χ2n) is 2.69. The molecule has 0 atom stereocenters. The molecule has 0 aliphatic rings. The zero-order valence-corrected chi connectivity index (χ0v) is 10.3. The fourth-order valence-electron chi connectivity index (χ4n) is 0.299. The summed E-state index contributed by atoms with van der Waals surface area (Å²) in [7, 11) is -1.07. The van der Waals surface area contributed by atoms with Gasteiger partial charge in [-0.2, -0.15) is 0 Å². The smallest absolute Gasteiger partial charge is 1.00 e. The number of hydrogen-bond donors (Lipinski definition) is 0. The average molecular weight is 217 g/mol. The molecule has 0 aliphatic carbocycles. The SMILES string of the molecule is C[Si](C)(C)C#CCBr.[H-].[H-].[Mg+2]. The van der Waals surface area contributed by atoms with Crippen molar-refractivity contribution in [2.75, 3.05) is 5.33 Å². The van der Waals surface area contributed by atoms with Crippen molar-refractivity contribution >= 4 is 47.1 Å². The zero-order valence-electron chi connectivity index (χ0n) is 8.29. The summed E-state index contributed by atoms with van der Waals surface area (Å²) in [6.45, 7) is 6.72. The number of alkyl halides is 1. The summed E-state index contributed by atoms with van der Waals surface area (Å²) in [6.07, 6.45) is 0. The molecule has 0 aromatic rings. The Labute approximate surface area is 86.1 Å². The van der Waals surface area contributed by atoms with Crippen molar-refractivity contribution in [1.82, 2.24) is 0 Å². The second-order valence-corrected chi connectivity index (χ2v) is 8.00. The molecule has 0 aliphatic heterocycles. The first-order valence-electron chi connectivity index (χ1n) is 2.62. The molecule has 0 aromatic carbocycles. The zero-order chi connectivity index (χ0) is 6.62. The third-order valence-electron chi connectivity index (χ3n) is 0.530. The van der Waals surface area contributed by atoms with Crippen LogP contribution in [0.3, 0.4) is 0 Å². The van der Waals surface area contributed by atoms with Gasteiger partial charge in [0.2, 0.25) is 0 Å². The summed E-state index contributed by atoms with van der Waals surface area (Å²) in [4.78, 5) is 0. The quantitative estimate of drug-likeness (QED) is 0.331. The first-order chi connectivity index (χ1) is 3.56. The molecule has 9 heavy (non-hydrogen) atoms. The van der Waals surface area contributed by atoms with Crippen LogP contribution in [0.25, 0.3) is 0 Å². The van der Waals surface area contributed by atoms with Gasteiger partial charge in [-0.25, -0.2) is 0 Å². The topological polar surface area (TPSA) is 0 Å². The molecule has 0 nitrogen and oxygen atoms in total. The molecule has 0 aromatic heterocycles. The average Bonchev–Trinajstić information content (AvgIpc) is 1.59. The fraction of sp³-hybridized carbons (Fsp3) is 0.667. The molecule has 50 valence electrons. The van der Waals surface area contributed by atoms with E-state index in [-0.39, 0.29) is 25.9 Å². The Hall–Kier alpha value is 1.02. The van der Waals surface area contributed by atoms with Crippen molar-refractivity contribution < 1.29 is 2.85 Å². The van der Waals surface area contributed by atoms with E-state index in [9.17, 15) is 0 Å². The summed E-state index contributed by atoms with van der Waals surface area (Å²) in [5, 5.41) is 0.817. The molecule has 0 unspecified atom stereocenters. The Kier molecular flexibility index (Phi) is 8.14. The Morgan fingerprint density at radius 2 is 1.89 bits per heavy atom. The Balaban J connectivity index is -0.0000000817. The van der Waals surface area contributed by atoms with Gasteiger partial charge >= 0.3 is 23.1 Å². The van der Waals surface area contributed by atoms with Crippen molar-refractivity contribution in [3.63, 3.8) is 0 Å². The molecule has 0 saturated carbocycles. The van der Waals surface area contributed by atoms with Gasteiger partial charge in [0.05, 0.1) is 5.33 Å². The largest absolute Gasteiger partial charge is 2.00 e. The van der Waals surface area contributed by atoms with Crippen LogP contribution < -0.4 is 0 Å².